The number of nitrogens with one attached hydrogen (secondary N) is 2. The Morgan fingerprint density at radius 2 is 1.84 bits per heavy atom. The van der Waals surface area contributed by atoms with E-state index in [0.29, 0.717) is 36.1 Å². The molecule has 2 aromatic carbocycles. The van der Waals surface area contributed by atoms with Gasteiger partial charge in [0.1, 0.15) is 11.4 Å². The highest BCUT2D eigenvalue weighted by molar-refractivity contribution is 14.0. The molecule has 10 heteroatoms. The molecule has 1 heterocycles. The largest absolute Gasteiger partial charge is 0.435 e. The lowest BCUT2D eigenvalue weighted by Gasteiger charge is -2.16. The predicted octanol–water partition coefficient (Wildman–Crippen LogP) is 4.35. The zero-order chi connectivity index (χ0) is 22.1. The van der Waals surface area contributed by atoms with Gasteiger partial charge in [-0.3, -0.25) is 0 Å². The fourth-order valence-electron chi connectivity index (χ4n) is 2.81. The van der Waals surface area contributed by atoms with Crippen molar-refractivity contribution in [2.75, 3.05) is 13.1 Å². The number of ether oxygens (including phenoxy) is 1. The molecular formula is C22H25F2IN4O3. The molecule has 0 bridgehead atoms. The Balaban J connectivity index is 0.00000363. The fourth-order valence-corrected chi connectivity index (χ4v) is 2.81. The molecular weight excluding hydrogens is 533 g/mol. The molecule has 0 radical (unpaired) electrons. The molecule has 32 heavy (non-hydrogen) atoms. The van der Waals surface area contributed by atoms with Crippen LogP contribution in [0.3, 0.4) is 0 Å². The number of aliphatic imine (C=N–C) groups is 1. The average molecular weight is 558 g/mol. The van der Waals surface area contributed by atoms with Crippen molar-refractivity contribution in [2.45, 2.75) is 26.2 Å². The van der Waals surface area contributed by atoms with Gasteiger partial charge >= 0.3 is 6.61 Å². The van der Waals surface area contributed by atoms with Gasteiger partial charge < -0.3 is 25.0 Å². The van der Waals surface area contributed by atoms with E-state index in [1.54, 1.807) is 0 Å². The number of aliphatic hydroxyl groups is 1. The van der Waals surface area contributed by atoms with Gasteiger partial charge in [-0.05, 0) is 24.6 Å². The summed E-state index contributed by atoms with van der Waals surface area (Å²) in [4.78, 5) is 4.46. The molecule has 3 aromatic rings. The molecule has 0 saturated heterocycles. The number of alkyl halides is 2. The maximum atomic E-state index is 12.2. The van der Waals surface area contributed by atoms with E-state index in [1.165, 1.54) is 24.3 Å². The van der Waals surface area contributed by atoms with E-state index in [9.17, 15) is 13.9 Å². The molecule has 0 aliphatic carbocycles. The maximum absolute atomic E-state index is 12.2. The number of hydrogen-bond donors (Lipinski definition) is 3. The van der Waals surface area contributed by atoms with Crippen LogP contribution in [0.25, 0.3) is 11.3 Å². The van der Waals surface area contributed by atoms with Gasteiger partial charge in [-0.1, -0.05) is 47.6 Å². The van der Waals surface area contributed by atoms with Crippen LogP contribution in [0, 0.1) is 0 Å². The summed E-state index contributed by atoms with van der Waals surface area (Å²) in [6.45, 7) is 0.148. The fraction of sp³-hybridized carbons (Fsp3) is 0.273. The van der Waals surface area contributed by atoms with Crippen molar-refractivity contribution in [3.05, 3.63) is 71.9 Å². The van der Waals surface area contributed by atoms with E-state index >= 15 is 0 Å². The third-order valence-electron chi connectivity index (χ3n) is 4.31. The van der Waals surface area contributed by atoms with Crippen molar-refractivity contribution in [1.82, 2.24) is 15.8 Å². The molecule has 172 valence electrons. The minimum atomic E-state index is -2.88. The number of rotatable bonds is 9. The second kappa shape index (κ2) is 13.0. The minimum Gasteiger partial charge on any atom is -0.435 e. The van der Waals surface area contributed by atoms with Crippen LogP contribution in [0.2, 0.25) is 0 Å². The Morgan fingerprint density at radius 3 is 2.50 bits per heavy atom. The number of hydrogen-bond acceptors (Lipinski definition) is 5. The van der Waals surface area contributed by atoms with Crippen molar-refractivity contribution >= 4 is 29.9 Å². The first kappa shape index (κ1) is 25.5. The summed E-state index contributed by atoms with van der Waals surface area (Å²) in [5.41, 5.74) is 2.17. The van der Waals surface area contributed by atoms with Crippen molar-refractivity contribution in [1.29, 1.82) is 0 Å². The van der Waals surface area contributed by atoms with Gasteiger partial charge in [-0.2, -0.15) is 8.78 Å². The van der Waals surface area contributed by atoms with Gasteiger partial charge in [0, 0.05) is 24.7 Å². The molecule has 7 nitrogen and oxygen atoms in total. The normalized spacial score (nSPS) is 12.2. The third-order valence-corrected chi connectivity index (χ3v) is 4.31. The van der Waals surface area contributed by atoms with E-state index in [-0.39, 0.29) is 36.3 Å². The minimum absolute atomic E-state index is 0. The van der Waals surface area contributed by atoms with Crippen LogP contribution in [0.4, 0.5) is 8.78 Å². The average Bonchev–Trinajstić information content (AvgIpc) is 3.25. The highest BCUT2D eigenvalue weighted by Gasteiger charge is 2.11. The summed E-state index contributed by atoms with van der Waals surface area (Å²) < 4.78 is 34.2. The third kappa shape index (κ3) is 7.75. The van der Waals surface area contributed by atoms with Crippen LogP contribution in [-0.4, -0.2) is 35.9 Å². The lowest BCUT2D eigenvalue weighted by Crippen LogP contribution is -2.39. The molecule has 3 rings (SSSR count). The molecule has 0 spiro atoms. The molecule has 0 fully saturated rings. The van der Waals surface area contributed by atoms with E-state index in [4.69, 9.17) is 4.52 Å². The van der Waals surface area contributed by atoms with Gasteiger partial charge in [-0.15, -0.1) is 24.0 Å². The van der Waals surface area contributed by atoms with Crippen molar-refractivity contribution < 1.29 is 23.1 Å². The molecule has 1 atom stereocenters. The zero-order valence-corrected chi connectivity index (χ0v) is 19.7. The second-order valence-corrected chi connectivity index (χ2v) is 6.59. The Morgan fingerprint density at radius 1 is 1.12 bits per heavy atom. The molecule has 3 N–H and O–H groups in total. The smallest absolute Gasteiger partial charge is 0.387 e. The Labute approximate surface area is 201 Å². The first-order chi connectivity index (χ1) is 15.0. The van der Waals surface area contributed by atoms with Crippen molar-refractivity contribution in [2.24, 2.45) is 4.99 Å². The van der Waals surface area contributed by atoms with E-state index in [1.807, 2.05) is 43.3 Å². The van der Waals surface area contributed by atoms with Crippen LogP contribution >= 0.6 is 24.0 Å². The number of halogens is 3. The van der Waals surface area contributed by atoms with E-state index < -0.39 is 12.7 Å². The van der Waals surface area contributed by atoms with Crippen LogP contribution in [0.5, 0.6) is 5.75 Å². The zero-order valence-electron chi connectivity index (χ0n) is 17.4. The summed E-state index contributed by atoms with van der Waals surface area (Å²) in [5.74, 6) is 1.21. The van der Waals surface area contributed by atoms with Crippen molar-refractivity contribution in [3.8, 4) is 17.1 Å². The summed E-state index contributed by atoms with van der Waals surface area (Å²) in [5, 5.41) is 20.6. The number of aromatic nitrogens is 1. The van der Waals surface area contributed by atoms with Gasteiger partial charge in [0.05, 0.1) is 12.6 Å². The van der Waals surface area contributed by atoms with Crippen LogP contribution in [-0.2, 0) is 6.54 Å². The Bertz CT molecular complexity index is 969. The van der Waals surface area contributed by atoms with Gasteiger partial charge in [0.2, 0.25) is 0 Å². The molecule has 0 saturated carbocycles. The quantitative estimate of drug-likeness (QED) is 0.206. The summed E-state index contributed by atoms with van der Waals surface area (Å²) >= 11 is 0. The lowest BCUT2D eigenvalue weighted by atomic mass is 10.1. The van der Waals surface area contributed by atoms with Gasteiger partial charge in [0.25, 0.3) is 0 Å². The molecule has 0 aliphatic rings. The molecule has 1 aromatic heterocycles. The number of guanidine groups is 1. The first-order valence-corrected chi connectivity index (χ1v) is 9.81. The van der Waals surface area contributed by atoms with E-state index in [0.717, 1.165) is 5.56 Å². The van der Waals surface area contributed by atoms with E-state index in [2.05, 4.69) is 25.5 Å². The number of aliphatic hydroxyl groups excluding tert-OH is 1. The second-order valence-electron chi connectivity index (χ2n) is 6.59. The first-order valence-electron chi connectivity index (χ1n) is 9.81. The highest BCUT2D eigenvalue weighted by Crippen LogP contribution is 2.20. The molecule has 1 unspecified atom stereocenters. The SMILES string of the molecule is CCNC(=NCc1cc(-c2ccccc2)on1)NCC(O)c1ccc(OC(F)F)cc1.I. The van der Waals surface area contributed by atoms with Crippen LogP contribution in [0.1, 0.15) is 24.3 Å². The lowest BCUT2D eigenvalue weighted by molar-refractivity contribution is -0.0498. The maximum Gasteiger partial charge on any atom is 0.387 e. The van der Waals surface area contributed by atoms with Crippen molar-refractivity contribution in [3.63, 3.8) is 0 Å². The standard InChI is InChI=1S/C22H24F2N4O3.HI/c1-2-25-22(26-13-17-12-20(31-28-17)16-6-4-3-5-7-16)27-14-19(29)15-8-10-18(11-9-15)30-21(23)24;/h3-12,19,21,29H,2,13-14H2,1H3,(H2,25,26,27);1H. The van der Waals surface area contributed by atoms with Gasteiger partial charge in [-0.25, -0.2) is 4.99 Å². The molecule has 0 aliphatic heterocycles. The summed E-state index contributed by atoms with van der Waals surface area (Å²) in [6, 6.07) is 17.3. The summed E-state index contributed by atoms with van der Waals surface area (Å²) in [6.07, 6.45) is -0.860. The van der Waals surface area contributed by atoms with Crippen LogP contribution in [0.15, 0.2) is 70.2 Å². The highest BCUT2D eigenvalue weighted by atomic mass is 127. The van der Waals surface area contributed by atoms with Crippen LogP contribution < -0.4 is 15.4 Å². The Kier molecular flexibility index (Phi) is 10.3. The number of nitrogens with zero attached hydrogens (tertiary/aromatic N) is 2. The molecule has 0 amide bonds. The predicted molar refractivity (Wildman–Crippen MR) is 128 cm³/mol. The van der Waals surface area contributed by atoms with Gasteiger partial charge in [0.15, 0.2) is 11.7 Å². The Hall–Kier alpha value is -2.73. The monoisotopic (exact) mass is 558 g/mol. The summed E-state index contributed by atoms with van der Waals surface area (Å²) in [7, 11) is 0. The topological polar surface area (TPSA) is 91.9 Å². The number of benzene rings is 2.